The lowest BCUT2D eigenvalue weighted by molar-refractivity contribution is 0.257. The molecule has 0 aliphatic carbocycles. The van der Waals surface area contributed by atoms with Crippen molar-refractivity contribution in [2.24, 2.45) is 5.73 Å². The van der Waals surface area contributed by atoms with Gasteiger partial charge in [-0.1, -0.05) is 11.6 Å². The van der Waals surface area contributed by atoms with Crippen LogP contribution in [0, 0.1) is 11.3 Å². The molecular weight excluding hydrogens is 374 g/mol. The lowest BCUT2D eigenvalue weighted by Crippen LogP contribution is -2.26. The summed E-state index contributed by atoms with van der Waals surface area (Å²) in [6, 6.07) is 9.27. The summed E-state index contributed by atoms with van der Waals surface area (Å²) in [5.41, 5.74) is 10.3. The molecule has 7 heteroatoms. The van der Waals surface area contributed by atoms with Crippen molar-refractivity contribution in [3.63, 3.8) is 0 Å². The number of aliphatic hydroxyl groups is 1. The van der Waals surface area contributed by atoms with Crippen LogP contribution >= 0.6 is 34.3 Å². The average Bonchev–Trinajstić information content (AvgIpc) is 3.31. The molecule has 3 rings (SSSR count). The highest BCUT2D eigenvalue weighted by Crippen LogP contribution is 2.38. The van der Waals surface area contributed by atoms with E-state index in [1.165, 1.54) is 0 Å². The summed E-state index contributed by atoms with van der Waals surface area (Å²) in [7, 11) is 0. The summed E-state index contributed by atoms with van der Waals surface area (Å²) in [5, 5.41) is 21.4. The Morgan fingerprint density at radius 2 is 2.16 bits per heavy atom. The predicted octanol–water partition coefficient (Wildman–Crippen LogP) is 4.24. The molecule has 0 bridgehead atoms. The number of thiazole rings is 1. The highest BCUT2D eigenvalue weighted by molar-refractivity contribution is 7.13. The van der Waals surface area contributed by atoms with Crippen molar-refractivity contribution in [2.75, 3.05) is 6.61 Å². The molecule has 128 valence electrons. The topological polar surface area (TPSA) is 82.9 Å². The van der Waals surface area contributed by atoms with Gasteiger partial charge in [0.05, 0.1) is 23.8 Å². The first-order valence-electron chi connectivity index (χ1n) is 7.65. The van der Waals surface area contributed by atoms with Gasteiger partial charge >= 0.3 is 0 Å². The molecule has 0 saturated heterocycles. The van der Waals surface area contributed by atoms with Gasteiger partial charge in [0.2, 0.25) is 0 Å². The van der Waals surface area contributed by atoms with Crippen LogP contribution in [-0.4, -0.2) is 22.7 Å². The normalized spacial score (nSPS) is 13.4. The lowest BCUT2D eigenvalue weighted by Gasteiger charge is -2.17. The van der Waals surface area contributed by atoms with Gasteiger partial charge in [0.25, 0.3) is 0 Å². The number of thiophene rings is 1. The number of hydrogen-bond acceptors (Lipinski definition) is 6. The van der Waals surface area contributed by atoms with Gasteiger partial charge in [0, 0.05) is 38.5 Å². The lowest BCUT2D eigenvalue weighted by atomic mass is 9.92. The molecule has 0 radical (unpaired) electrons. The fraction of sp³-hybridized carbons (Fsp3) is 0.222. The monoisotopic (exact) mass is 389 g/mol. The first-order chi connectivity index (χ1) is 12.1. The largest absolute Gasteiger partial charge is 0.395 e. The zero-order valence-electron chi connectivity index (χ0n) is 13.2. The summed E-state index contributed by atoms with van der Waals surface area (Å²) in [5.74, 6) is 0.0735. The standard InChI is InChI=1S/C18H16ClN3OS2/c19-13-2-1-11(6-20)15(4-13)17-3-12(9-24-17)16(5-14(21)8-23)18-7-22-10-25-18/h1-4,7,9-10,14,16,23H,5,8,21H2. The molecule has 2 atom stereocenters. The van der Waals surface area contributed by atoms with Gasteiger partial charge in [-0.2, -0.15) is 5.26 Å². The Kier molecular flexibility index (Phi) is 5.84. The van der Waals surface area contributed by atoms with Crippen LogP contribution < -0.4 is 5.73 Å². The molecule has 2 aromatic heterocycles. The smallest absolute Gasteiger partial charge is 0.0998 e. The second kappa shape index (κ2) is 8.09. The molecule has 2 heterocycles. The van der Waals surface area contributed by atoms with E-state index in [1.807, 2.05) is 12.3 Å². The van der Waals surface area contributed by atoms with Crippen LogP contribution in [-0.2, 0) is 0 Å². The van der Waals surface area contributed by atoms with E-state index in [9.17, 15) is 10.4 Å². The third kappa shape index (κ3) is 4.09. The van der Waals surface area contributed by atoms with Gasteiger partial charge in [-0.3, -0.25) is 4.98 Å². The maximum atomic E-state index is 9.35. The van der Waals surface area contributed by atoms with E-state index >= 15 is 0 Å². The van der Waals surface area contributed by atoms with E-state index in [2.05, 4.69) is 22.5 Å². The molecule has 0 aliphatic heterocycles. The maximum absolute atomic E-state index is 9.35. The Balaban J connectivity index is 1.98. The van der Waals surface area contributed by atoms with Gasteiger partial charge in [-0.15, -0.1) is 22.7 Å². The molecular formula is C18H16ClN3OS2. The summed E-state index contributed by atoms with van der Waals surface area (Å²) in [6.45, 7) is -0.0564. The average molecular weight is 390 g/mol. The van der Waals surface area contributed by atoms with Crippen molar-refractivity contribution in [1.82, 2.24) is 4.98 Å². The SMILES string of the molecule is N#Cc1ccc(Cl)cc1-c1cc(C(CC(N)CO)c2cncs2)cs1. The first kappa shape index (κ1) is 18.1. The molecule has 4 nitrogen and oxygen atoms in total. The van der Waals surface area contributed by atoms with E-state index < -0.39 is 0 Å². The molecule has 25 heavy (non-hydrogen) atoms. The van der Waals surface area contributed by atoms with Crippen molar-refractivity contribution in [1.29, 1.82) is 5.26 Å². The summed E-state index contributed by atoms with van der Waals surface area (Å²) in [6.07, 6.45) is 2.48. The molecule has 1 aromatic carbocycles. The van der Waals surface area contributed by atoms with Crippen molar-refractivity contribution in [3.8, 4) is 16.5 Å². The minimum absolute atomic E-state index is 0.0564. The molecule has 3 N–H and O–H groups in total. The summed E-state index contributed by atoms with van der Waals surface area (Å²) < 4.78 is 0. The van der Waals surface area contributed by atoms with Crippen LogP contribution in [0.5, 0.6) is 0 Å². The van der Waals surface area contributed by atoms with Gasteiger partial charge in [-0.25, -0.2) is 0 Å². The summed E-state index contributed by atoms with van der Waals surface area (Å²) in [4.78, 5) is 6.26. The Morgan fingerprint density at radius 3 is 2.84 bits per heavy atom. The molecule has 0 aliphatic rings. The molecule has 0 saturated carbocycles. The Bertz CT molecular complexity index is 886. The quantitative estimate of drug-likeness (QED) is 0.660. The fourth-order valence-corrected chi connectivity index (χ4v) is 4.61. The Labute approximate surface area is 159 Å². The van der Waals surface area contributed by atoms with Crippen molar-refractivity contribution in [3.05, 3.63) is 62.4 Å². The second-order valence-electron chi connectivity index (χ2n) is 5.68. The van der Waals surface area contributed by atoms with Crippen LogP contribution in [0.3, 0.4) is 0 Å². The fourth-order valence-electron chi connectivity index (χ4n) is 2.68. The zero-order chi connectivity index (χ0) is 17.8. The van der Waals surface area contributed by atoms with Crippen LogP contribution in [0.15, 0.2) is 41.4 Å². The number of nitriles is 1. The van der Waals surface area contributed by atoms with Crippen LogP contribution in [0.2, 0.25) is 5.02 Å². The highest BCUT2D eigenvalue weighted by Gasteiger charge is 2.21. The number of benzene rings is 1. The molecule has 0 fully saturated rings. The minimum atomic E-state index is -0.295. The third-order valence-electron chi connectivity index (χ3n) is 3.96. The van der Waals surface area contributed by atoms with E-state index in [0.717, 1.165) is 20.9 Å². The number of halogens is 1. The highest BCUT2D eigenvalue weighted by atomic mass is 35.5. The van der Waals surface area contributed by atoms with Crippen molar-refractivity contribution >= 4 is 34.3 Å². The van der Waals surface area contributed by atoms with E-state index in [1.54, 1.807) is 40.3 Å². The number of rotatable bonds is 6. The van der Waals surface area contributed by atoms with Gasteiger partial charge in [0.1, 0.15) is 0 Å². The first-order valence-corrected chi connectivity index (χ1v) is 9.79. The van der Waals surface area contributed by atoms with Crippen LogP contribution in [0.4, 0.5) is 0 Å². The van der Waals surface area contributed by atoms with Crippen molar-refractivity contribution < 1.29 is 5.11 Å². The van der Waals surface area contributed by atoms with Crippen molar-refractivity contribution in [2.45, 2.75) is 18.4 Å². The molecule has 0 spiro atoms. The number of aromatic nitrogens is 1. The van der Waals surface area contributed by atoms with Crippen LogP contribution in [0.1, 0.15) is 28.3 Å². The van der Waals surface area contributed by atoms with Gasteiger partial charge in [0.15, 0.2) is 0 Å². The number of nitrogens with zero attached hydrogens (tertiary/aromatic N) is 2. The molecule has 3 aromatic rings. The van der Waals surface area contributed by atoms with E-state index in [4.69, 9.17) is 17.3 Å². The Hall–Kier alpha value is -1.75. The van der Waals surface area contributed by atoms with Crippen LogP contribution in [0.25, 0.3) is 10.4 Å². The van der Waals surface area contributed by atoms with E-state index in [0.29, 0.717) is 17.0 Å². The number of aliphatic hydroxyl groups excluding tert-OH is 1. The van der Waals surface area contributed by atoms with E-state index in [-0.39, 0.29) is 18.6 Å². The number of hydrogen-bond donors (Lipinski definition) is 2. The maximum Gasteiger partial charge on any atom is 0.0998 e. The molecule has 0 amide bonds. The third-order valence-corrected chi connectivity index (χ3v) is 6.06. The Morgan fingerprint density at radius 1 is 1.32 bits per heavy atom. The zero-order valence-corrected chi connectivity index (χ0v) is 15.6. The predicted molar refractivity (Wildman–Crippen MR) is 103 cm³/mol. The summed E-state index contributed by atoms with van der Waals surface area (Å²) >= 11 is 9.25. The minimum Gasteiger partial charge on any atom is -0.395 e. The molecule has 2 unspecified atom stereocenters. The van der Waals surface area contributed by atoms with Gasteiger partial charge < -0.3 is 10.8 Å². The van der Waals surface area contributed by atoms with Gasteiger partial charge in [-0.05, 0) is 41.6 Å². The number of nitrogens with two attached hydrogens (primary N) is 1. The second-order valence-corrected chi connectivity index (χ2v) is 7.95.